The van der Waals surface area contributed by atoms with Crippen LogP contribution < -0.4 is 5.32 Å². The van der Waals surface area contributed by atoms with Crippen molar-refractivity contribution in [1.29, 1.82) is 0 Å². The Hall–Kier alpha value is -1.94. The topological polar surface area (TPSA) is 29.1 Å². The fourth-order valence-corrected chi connectivity index (χ4v) is 4.46. The van der Waals surface area contributed by atoms with Gasteiger partial charge in [-0.05, 0) is 35.7 Å². The maximum atomic E-state index is 12.6. The summed E-state index contributed by atoms with van der Waals surface area (Å²) in [7, 11) is 0. The molecule has 0 radical (unpaired) electrons. The van der Waals surface area contributed by atoms with Crippen molar-refractivity contribution in [2.24, 2.45) is 0 Å². The fourth-order valence-electron chi connectivity index (χ4n) is 2.88. The first kappa shape index (κ1) is 20.8. The lowest BCUT2D eigenvalue weighted by atomic mass is 9.98. The first-order valence-electron chi connectivity index (χ1n) is 8.96. The molecule has 0 aliphatic carbocycles. The molecule has 3 aromatic carbocycles. The van der Waals surface area contributed by atoms with Crippen LogP contribution in [0.15, 0.2) is 72.8 Å². The minimum absolute atomic E-state index is 0.0254. The molecule has 0 aliphatic rings. The van der Waals surface area contributed by atoms with Crippen molar-refractivity contribution >= 4 is 40.9 Å². The number of benzene rings is 3. The SMILES string of the molecule is Cc1ccc([C@H](NC(=O)CSCc2c(Cl)cccc2Cl)c2ccccc2)cc1. The Kier molecular flexibility index (Phi) is 7.43. The van der Waals surface area contributed by atoms with Crippen molar-refractivity contribution in [1.82, 2.24) is 5.32 Å². The molecule has 28 heavy (non-hydrogen) atoms. The second kappa shape index (κ2) is 10.0. The average Bonchev–Trinajstić information content (AvgIpc) is 2.70. The lowest BCUT2D eigenvalue weighted by Gasteiger charge is -2.20. The Labute approximate surface area is 180 Å². The van der Waals surface area contributed by atoms with E-state index in [0.717, 1.165) is 16.7 Å². The van der Waals surface area contributed by atoms with Gasteiger partial charge in [0.1, 0.15) is 0 Å². The van der Waals surface area contributed by atoms with Gasteiger partial charge in [-0.25, -0.2) is 0 Å². The molecule has 0 bridgehead atoms. The van der Waals surface area contributed by atoms with Gasteiger partial charge in [0.2, 0.25) is 5.91 Å². The summed E-state index contributed by atoms with van der Waals surface area (Å²) in [5.74, 6) is 0.894. The number of carbonyl (C=O) groups excluding carboxylic acids is 1. The van der Waals surface area contributed by atoms with Crippen molar-refractivity contribution in [2.45, 2.75) is 18.7 Å². The first-order valence-corrected chi connectivity index (χ1v) is 10.9. The number of hydrogen-bond acceptors (Lipinski definition) is 2. The van der Waals surface area contributed by atoms with Gasteiger partial charge in [0.15, 0.2) is 0 Å². The molecule has 0 aliphatic heterocycles. The van der Waals surface area contributed by atoms with Crippen molar-refractivity contribution in [3.63, 3.8) is 0 Å². The quantitative estimate of drug-likeness (QED) is 0.467. The van der Waals surface area contributed by atoms with Crippen LogP contribution >= 0.6 is 35.0 Å². The molecule has 0 fully saturated rings. The van der Waals surface area contributed by atoms with E-state index in [1.807, 2.05) is 48.5 Å². The summed E-state index contributed by atoms with van der Waals surface area (Å²) in [4.78, 5) is 12.6. The summed E-state index contributed by atoms with van der Waals surface area (Å²) >= 11 is 13.9. The Balaban J connectivity index is 1.67. The molecule has 0 spiro atoms. The van der Waals surface area contributed by atoms with E-state index in [2.05, 4.69) is 36.5 Å². The van der Waals surface area contributed by atoms with Gasteiger partial charge in [0.25, 0.3) is 0 Å². The molecule has 144 valence electrons. The van der Waals surface area contributed by atoms with Crippen LogP contribution in [0.3, 0.4) is 0 Å². The molecule has 0 saturated heterocycles. The third-order valence-electron chi connectivity index (χ3n) is 4.39. The Morgan fingerprint density at radius 2 is 1.50 bits per heavy atom. The second-order valence-electron chi connectivity index (χ2n) is 6.51. The lowest BCUT2D eigenvalue weighted by Crippen LogP contribution is -2.30. The van der Waals surface area contributed by atoms with E-state index in [0.29, 0.717) is 21.6 Å². The molecule has 0 aromatic heterocycles. The number of thioether (sulfide) groups is 1. The molecular formula is C23H21Cl2NOS. The molecular weight excluding hydrogens is 409 g/mol. The summed E-state index contributed by atoms with van der Waals surface area (Å²) in [6, 6.07) is 23.5. The zero-order chi connectivity index (χ0) is 19.9. The molecule has 0 unspecified atom stereocenters. The van der Waals surface area contributed by atoms with E-state index in [9.17, 15) is 4.79 Å². The van der Waals surface area contributed by atoms with Gasteiger partial charge < -0.3 is 5.32 Å². The lowest BCUT2D eigenvalue weighted by molar-refractivity contribution is -0.119. The van der Waals surface area contributed by atoms with Crippen LogP contribution in [-0.4, -0.2) is 11.7 Å². The van der Waals surface area contributed by atoms with Crippen molar-refractivity contribution < 1.29 is 4.79 Å². The highest BCUT2D eigenvalue weighted by Gasteiger charge is 2.17. The highest BCUT2D eigenvalue weighted by Crippen LogP contribution is 2.28. The number of nitrogens with one attached hydrogen (secondary N) is 1. The zero-order valence-corrected chi connectivity index (χ0v) is 17.8. The van der Waals surface area contributed by atoms with E-state index >= 15 is 0 Å². The van der Waals surface area contributed by atoms with Crippen LogP contribution in [0.4, 0.5) is 0 Å². The molecule has 1 amide bonds. The highest BCUT2D eigenvalue weighted by molar-refractivity contribution is 7.99. The highest BCUT2D eigenvalue weighted by atomic mass is 35.5. The summed E-state index contributed by atoms with van der Waals surface area (Å²) in [6.45, 7) is 2.05. The van der Waals surface area contributed by atoms with Crippen LogP contribution in [0.2, 0.25) is 10.0 Å². The number of rotatable bonds is 7. The van der Waals surface area contributed by atoms with Gasteiger partial charge in [0.05, 0.1) is 11.8 Å². The summed E-state index contributed by atoms with van der Waals surface area (Å²) < 4.78 is 0. The van der Waals surface area contributed by atoms with Gasteiger partial charge in [-0.1, -0.05) is 89.4 Å². The van der Waals surface area contributed by atoms with Crippen LogP contribution in [0.1, 0.15) is 28.3 Å². The molecule has 3 aromatic rings. The maximum Gasteiger partial charge on any atom is 0.230 e. The number of hydrogen-bond donors (Lipinski definition) is 1. The maximum absolute atomic E-state index is 12.6. The first-order chi connectivity index (χ1) is 13.5. The van der Waals surface area contributed by atoms with Crippen molar-refractivity contribution in [3.05, 3.63) is 105 Å². The molecule has 3 rings (SSSR count). The van der Waals surface area contributed by atoms with E-state index < -0.39 is 0 Å². The van der Waals surface area contributed by atoms with Gasteiger partial charge in [-0.15, -0.1) is 11.8 Å². The molecule has 0 heterocycles. The van der Waals surface area contributed by atoms with Gasteiger partial charge in [0, 0.05) is 15.8 Å². The standard InChI is InChI=1S/C23H21Cl2NOS/c1-16-10-12-18(13-11-16)23(17-6-3-2-4-7-17)26-22(27)15-28-14-19-20(24)8-5-9-21(19)25/h2-13,23H,14-15H2,1H3,(H,26,27)/t23-/m1/s1. The molecule has 0 saturated carbocycles. The van der Waals surface area contributed by atoms with Gasteiger partial charge in [-0.3, -0.25) is 4.79 Å². The Bertz CT molecular complexity index is 909. The van der Waals surface area contributed by atoms with Gasteiger partial charge in [-0.2, -0.15) is 0 Å². The number of halogens is 2. The van der Waals surface area contributed by atoms with Crippen molar-refractivity contribution in [3.8, 4) is 0 Å². The number of aryl methyl sites for hydroxylation is 1. The van der Waals surface area contributed by atoms with E-state index in [1.54, 1.807) is 0 Å². The molecule has 1 atom stereocenters. The predicted molar refractivity (Wildman–Crippen MR) is 120 cm³/mol. The predicted octanol–water partition coefficient (Wildman–Crippen LogP) is 6.44. The minimum atomic E-state index is -0.182. The third kappa shape index (κ3) is 5.54. The molecule has 1 N–H and O–H groups in total. The smallest absolute Gasteiger partial charge is 0.230 e. The number of amides is 1. The minimum Gasteiger partial charge on any atom is -0.344 e. The molecule has 2 nitrogen and oxygen atoms in total. The van der Waals surface area contributed by atoms with Crippen LogP contribution in [-0.2, 0) is 10.5 Å². The van der Waals surface area contributed by atoms with E-state index in [-0.39, 0.29) is 11.9 Å². The Morgan fingerprint density at radius 3 is 2.14 bits per heavy atom. The van der Waals surface area contributed by atoms with Gasteiger partial charge >= 0.3 is 0 Å². The van der Waals surface area contributed by atoms with Crippen LogP contribution in [0.25, 0.3) is 0 Å². The fraction of sp³-hybridized carbons (Fsp3) is 0.174. The Morgan fingerprint density at radius 1 is 0.893 bits per heavy atom. The summed E-state index contributed by atoms with van der Waals surface area (Å²) in [5, 5.41) is 4.41. The largest absolute Gasteiger partial charge is 0.344 e. The summed E-state index contributed by atoms with van der Waals surface area (Å²) in [6.07, 6.45) is 0. The van der Waals surface area contributed by atoms with Crippen LogP contribution in [0, 0.1) is 6.92 Å². The van der Waals surface area contributed by atoms with E-state index in [1.165, 1.54) is 17.3 Å². The molecule has 5 heteroatoms. The van der Waals surface area contributed by atoms with E-state index in [4.69, 9.17) is 23.2 Å². The zero-order valence-electron chi connectivity index (χ0n) is 15.5. The second-order valence-corrected chi connectivity index (χ2v) is 8.31. The normalized spacial score (nSPS) is 11.8. The number of carbonyl (C=O) groups is 1. The monoisotopic (exact) mass is 429 g/mol. The third-order valence-corrected chi connectivity index (χ3v) is 6.06. The van der Waals surface area contributed by atoms with Crippen molar-refractivity contribution in [2.75, 3.05) is 5.75 Å². The summed E-state index contributed by atoms with van der Waals surface area (Å²) in [5.41, 5.74) is 4.17. The average molecular weight is 430 g/mol. The van der Waals surface area contributed by atoms with Crippen LogP contribution in [0.5, 0.6) is 0 Å².